The molecule has 1 saturated heterocycles. The summed E-state index contributed by atoms with van der Waals surface area (Å²) >= 11 is 0. The molecular formula is C6H12FO8P. The van der Waals surface area contributed by atoms with E-state index < -0.39 is 45.2 Å². The second-order valence-electron chi connectivity index (χ2n) is 3.25. The summed E-state index contributed by atoms with van der Waals surface area (Å²) in [6.07, 6.45) is -9.40. The van der Waals surface area contributed by atoms with Crippen molar-refractivity contribution >= 4 is 7.82 Å². The van der Waals surface area contributed by atoms with Gasteiger partial charge in [-0.05, 0) is 0 Å². The summed E-state index contributed by atoms with van der Waals surface area (Å²) in [4.78, 5) is 16.9. The number of halogens is 1. The number of hydrogen-bond acceptors (Lipinski definition) is 6. The van der Waals surface area contributed by atoms with Crippen LogP contribution in [-0.2, 0) is 13.8 Å². The lowest BCUT2D eigenvalue weighted by molar-refractivity contribution is -0.265. The topological polar surface area (TPSA) is 137 Å². The molecule has 0 aromatic rings. The van der Waals surface area contributed by atoms with Crippen LogP contribution in [0.5, 0.6) is 0 Å². The maximum absolute atomic E-state index is 13.2. The van der Waals surface area contributed by atoms with Crippen molar-refractivity contribution in [1.29, 1.82) is 0 Å². The lowest BCUT2D eigenvalue weighted by atomic mass is 10.0. The number of phosphoric acid groups is 1. The molecule has 0 amide bonds. The van der Waals surface area contributed by atoms with Crippen molar-refractivity contribution in [2.75, 3.05) is 6.61 Å². The first-order valence-corrected chi connectivity index (χ1v) is 5.79. The zero-order valence-corrected chi connectivity index (χ0v) is 8.77. The van der Waals surface area contributed by atoms with E-state index in [2.05, 4.69) is 9.26 Å². The Bertz CT molecular complexity index is 280. The highest BCUT2D eigenvalue weighted by Crippen LogP contribution is 2.41. The highest BCUT2D eigenvalue weighted by atomic mass is 31.2. The van der Waals surface area contributed by atoms with Gasteiger partial charge in [0.15, 0.2) is 6.17 Å². The van der Waals surface area contributed by atoms with Crippen LogP contribution in [0.2, 0.25) is 0 Å². The molecule has 0 radical (unpaired) electrons. The summed E-state index contributed by atoms with van der Waals surface area (Å²) in [5.74, 6) is 0. The molecule has 96 valence electrons. The summed E-state index contributed by atoms with van der Waals surface area (Å²) in [5.41, 5.74) is 0. The molecule has 0 aliphatic carbocycles. The van der Waals surface area contributed by atoms with Gasteiger partial charge < -0.3 is 29.8 Å². The van der Waals surface area contributed by atoms with Crippen LogP contribution in [0.1, 0.15) is 0 Å². The zero-order chi connectivity index (χ0) is 12.5. The molecule has 1 heterocycles. The van der Waals surface area contributed by atoms with Crippen LogP contribution in [0.3, 0.4) is 0 Å². The fourth-order valence-electron chi connectivity index (χ4n) is 1.27. The minimum atomic E-state index is -4.99. The van der Waals surface area contributed by atoms with Crippen LogP contribution >= 0.6 is 7.82 Å². The molecule has 5 N–H and O–H groups in total. The number of ether oxygens (including phenoxy) is 1. The van der Waals surface area contributed by atoms with E-state index in [1.54, 1.807) is 0 Å². The molecule has 0 unspecified atom stereocenters. The van der Waals surface area contributed by atoms with Crippen LogP contribution in [0.25, 0.3) is 0 Å². The third kappa shape index (κ3) is 3.19. The molecule has 1 rings (SSSR count). The summed E-state index contributed by atoms with van der Waals surface area (Å²) in [6, 6.07) is 0. The predicted molar refractivity (Wildman–Crippen MR) is 45.8 cm³/mol. The Labute approximate surface area is 89.5 Å². The molecule has 16 heavy (non-hydrogen) atoms. The maximum atomic E-state index is 13.2. The van der Waals surface area contributed by atoms with Crippen LogP contribution < -0.4 is 0 Å². The molecule has 0 aromatic carbocycles. The summed E-state index contributed by atoms with van der Waals surface area (Å²) < 4.78 is 32.2. The fraction of sp³-hybridized carbons (Fsp3) is 1.00. The molecule has 0 aromatic heterocycles. The number of rotatable bonds is 3. The first-order chi connectivity index (χ1) is 7.26. The van der Waals surface area contributed by atoms with E-state index in [0.29, 0.717) is 0 Å². The minimum Gasteiger partial charge on any atom is -0.394 e. The van der Waals surface area contributed by atoms with Crippen molar-refractivity contribution in [3.8, 4) is 0 Å². The monoisotopic (exact) mass is 262 g/mol. The zero-order valence-electron chi connectivity index (χ0n) is 7.88. The molecule has 1 fully saturated rings. The van der Waals surface area contributed by atoms with Crippen molar-refractivity contribution < 1.29 is 43.3 Å². The first-order valence-electron chi connectivity index (χ1n) is 4.26. The fourth-order valence-corrected chi connectivity index (χ4v) is 1.70. The van der Waals surface area contributed by atoms with E-state index in [9.17, 15) is 14.1 Å². The van der Waals surface area contributed by atoms with Crippen LogP contribution in [0, 0.1) is 0 Å². The molecule has 1 aliphatic rings. The van der Waals surface area contributed by atoms with E-state index in [-0.39, 0.29) is 0 Å². The number of alkyl halides is 1. The predicted octanol–water partition coefficient (Wildman–Crippen LogP) is -2.13. The number of aliphatic hydroxyl groups is 3. The van der Waals surface area contributed by atoms with E-state index in [1.807, 2.05) is 0 Å². The van der Waals surface area contributed by atoms with Gasteiger partial charge in [-0.15, -0.1) is 0 Å². The lowest BCUT2D eigenvalue weighted by Gasteiger charge is -2.38. The second kappa shape index (κ2) is 5.03. The van der Waals surface area contributed by atoms with Gasteiger partial charge in [-0.2, -0.15) is 0 Å². The van der Waals surface area contributed by atoms with Gasteiger partial charge in [0.05, 0.1) is 6.61 Å². The second-order valence-corrected chi connectivity index (χ2v) is 4.44. The van der Waals surface area contributed by atoms with Gasteiger partial charge in [0.1, 0.15) is 18.3 Å². The Morgan fingerprint density at radius 3 is 2.31 bits per heavy atom. The average Bonchev–Trinajstić information content (AvgIpc) is 2.17. The Morgan fingerprint density at radius 2 is 1.88 bits per heavy atom. The molecule has 1 aliphatic heterocycles. The smallest absolute Gasteiger partial charge is 0.394 e. The highest BCUT2D eigenvalue weighted by molar-refractivity contribution is 7.46. The average molecular weight is 262 g/mol. The number of phosphoric ester groups is 1. The summed E-state index contributed by atoms with van der Waals surface area (Å²) in [6.45, 7) is -0.758. The van der Waals surface area contributed by atoms with Crippen molar-refractivity contribution in [2.24, 2.45) is 0 Å². The lowest BCUT2D eigenvalue weighted by Crippen LogP contribution is -2.57. The SMILES string of the molecule is O=P(O)(O)O[C@H]1O[C@H](CO)[C@H](O)[C@H](O)[C@H]1F. The van der Waals surface area contributed by atoms with Gasteiger partial charge in [-0.1, -0.05) is 0 Å². The van der Waals surface area contributed by atoms with Gasteiger partial charge in [0, 0.05) is 0 Å². The maximum Gasteiger partial charge on any atom is 0.472 e. The van der Waals surface area contributed by atoms with Crippen LogP contribution in [0.15, 0.2) is 0 Å². The van der Waals surface area contributed by atoms with Gasteiger partial charge in [0.2, 0.25) is 6.29 Å². The standard InChI is InChI=1S/C6H12FO8P/c7-3-5(10)4(9)2(1-8)14-6(3)15-16(11,12)13/h2-6,8-10H,1H2,(H2,11,12,13)/t2-,3-,4+,5-,6-/m1/s1. The molecular weight excluding hydrogens is 250 g/mol. The number of hydrogen-bond donors (Lipinski definition) is 5. The molecule has 8 nitrogen and oxygen atoms in total. The molecule has 0 bridgehead atoms. The van der Waals surface area contributed by atoms with E-state index in [1.165, 1.54) is 0 Å². The molecule has 0 spiro atoms. The summed E-state index contributed by atoms with van der Waals surface area (Å²) in [7, 11) is -4.99. The van der Waals surface area contributed by atoms with E-state index in [4.69, 9.17) is 20.0 Å². The Balaban J connectivity index is 2.75. The van der Waals surface area contributed by atoms with Crippen molar-refractivity contribution in [2.45, 2.75) is 30.8 Å². The Kier molecular flexibility index (Phi) is 4.38. The van der Waals surface area contributed by atoms with Gasteiger partial charge in [0.25, 0.3) is 0 Å². The van der Waals surface area contributed by atoms with Gasteiger partial charge in [-0.3, -0.25) is 4.52 Å². The van der Waals surface area contributed by atoms with E-state index >= 15 is 0 Å². The van der Waals surface area contributed by atoms with E-state index in [0.717, 1.165) is 0 Å². The largest absolute Gasteiger partial charge is 0.472 e. The molecule has 0 saturated carbocycles. The van der Waals surface area contributed by atoms with Crippen LogP contribution in [-0.4, -0.2) is 62.5 Å². The van der Waals surface area contributed by atoms with Crippen molar-refractivity contribution in [3.63, 3.8) is 0 Å². The third-order valence-electron chi connectivity index (χ3n) is 2.05. The number of aliphatic hydroxyl groups excluding tert-OH is 3. The highest BCUT2D eigenvalue weighted by Gasteiger charge is 2.47. The normalized spacial score (nSPS) is 41.0. The minimum absolute atomic E-state index is 0.758. The third-order valence-corrected chi connectivity index (χ3v) is 2.53. The molecule has 10 heteroatoms. The van der Waals surface area contributed by atoms with Crippen molar-refractivity contribution in [3.05, 3.63) is 0 Å². The van der Waals surface area contributed by atoms with Crippen molar-refractivity contribution in [1.82, 2.24) is 0 Å². The quantitative estimate of drug-likeness (QED) is 0.364. The summed E-state index contributed by atoms with van der Waals surface area (Å²) in [5, 5.41) is 27.1. The first kappa shape index (κ1) is 13.9. The Hall–Kier alpha value is -0.120. The molecule has 5 atom stereocenters. The van der Waals surface area contributed by atoms with Crippen LogP contribution in [0.4, 0.5) is 4.39 Å². The van der Waals surface area contributed by atoms with Gasteiger partial charge in [-0.25, -0.2) is 8.96 Å². The Morgan fingerprint density at radius 1 is 1.31 bits per heavy atom. The van der Waals surface area contributed by atoms with Gasteiger partial charge >= 0.3 is 7.82 Å².